The van der Waals surface area contributed by atoms with Gasteiger partial charge in [-0.05, 0) is 17.7 Å². The molecular weight excluding hydrogens is 318 g/mol. The number of carboxylic acid groups (broad SMARTS) is 1. The van der Waals surface area contributed by atoms with Crippen molar-refractivity contribution >= 4 is 23.9 Å². The van der Waals surface area contributed by atoms with E-state index in [1.54, 1.807) is 35.5 Å². The molecule has 0 aliphatic carbocycles. The van der Waals surface area contributed by atoms with Gasteiger partial charge in [0.15, 0.2) is 0 Å². The summed E-state index contributed by atoms with van der Waals surface area (Å²) < 4.78 is 0. The second-order valence-electron chi connectivity index (χ2n) is 5.78. The zero-order valence-corrected chi connectivity index (χ0v) is 14.2. The van der Waals surface area contributed by atoms with Gasteiger partial charge in [0.2, 0.25) is 0 Å². The smallest absolute Gasteiger partial charge is 0.326 e. The van der Waals surface area contributed by atoms with Crippen LogP contribution in [0.15, 0.2) is 59.6 Å². The Kier molecular flexibility index (Phi) is 6.28. The Balaban J connectivity index is 2.17. The van der Waals surface area contributed by atoms with Gasteiger partial charge in [-0.15, -0.1) is 0 Å². The van der Waals surface area contributed by atoms with Crippen LogP contribution in [0.2, 0.25) is 0 Å². The first-order valence-corrected chi connectivity index (χ1v) is 7.84. The zero-order chi connectivity index (χ0) is 18.2. The van der Waals surface area contributed by atoms with Gasteiger partial charge >= 0.3 is 5.97 Å². The summed E-state index contributed by atoms with van der Waals surface area (Å²) in [6.45, 7) is 0. The summed E-state index contributed by atoms with van der Waals surface area (Å²) in [5.74, 6) is -1.54. The fourth-order valence-electron chi connectivity index (χ4n) is 2.24. The lowest BCUT2D eigenvalue weighted by Gasteiger charge is -2.15. The molecule has 1 amide bonds. The van der Waals surface area contributed by atoms with E-state index in [1.807, 2.05) is 44.4 Å². The molecule has 0 spiro atoms. The maximum Gasteiger partial charge on any atom is 0.326 e. The molecule has 0 saturated heterocycles. The molecule has 0 bridgehead atoms. The number of para-hydroxylation sites is 1. The summed E-state index contributed by atoms with van der Waals surface area (Å²) in [4.78, 5) is 30.1. The molecule has 2 aromatic carbocycles. The quantitative estimate of drug-likeness (QED) is 0.599. The SMILES string of the molecule is CN(C)C=Nc1ccccc1C(=O)N[C@@H](Cc1ccccc1)C(=O)O. The van der Waals surface area contributed by atoms with Gasteiger partial charge in [0.25, 0.3) is 5.91 Å². The molecular formula is C19H21N3O3. The van der Waals surface area contributed by atoms with Crippen LogP contribution >= 0.6 is 0 Å². The third kappa shape index (κ3) is 5.46. The minimum absolute atomic E-state index is 0.213. The van der Waals surface area contributed by atoms with E-state index < -0.39 is 17.9 Å². The molecule has 2 rings (SSSR count). The first kappa shape index (κ1) is 18.2. The number of hydrogen-bond donors (Lipinski definition) is 2. The molecule has 2 aromatic rings. The van der Waals surface area contributed by atoms with Crippen LogP contribution in [-0.4, -0.2) is 48.4 Å². The molecule has 2 N–H and O–H groups in total. The zero-order valence-electron chi connectivity index (χ0n) is 14.2. The van der Waals surface area contributed by atoms with Crippen molar-refractivity contribution in [1.29, 1.82) is 0 Å². The number of benzene rings is 2. The summed E-state index contributed by atoms with van der Waals surface area (Å²) in [7, 11) is 3.65. The number of amides is 1. The second kappa shape index (κ2) is 8.63. The normalized spacial score (nSPS) is 11.9. The van der Waals surface area contributed by atoms with Crippen LogP contribution in [0.5, 0.6) is 0 Å². The predicted molar refractivity (Wildman–Crippen MR) is 97.3 cm³/mol. The van der Waals surface area contributed by atoms with E-state index in [2.05, 4.69) is 10.3 Å². The molecule has 0 aliphatic rings. The Morgan fingerprint density at radius 2 is 1.76 bits per heavy atom. The lowest BCUT2D eigenvalue weighted by Crippen LogP contribution is -2.42. The predicted octanol–water partition coefficient (Wildman–Crippen LogP) is 2.33. The molecule has 130 valence electrons. The number of carboxylic acids is 1. The fraction of sp³-hybridized carbons (Fsp3) is 0.211. The van der Waals surface area contributed by atoms with E-state index in [1.165, 1.54) is 0 Å². The standard InChI is InChI=1S/C19H21N3O3/c1-22(2)13-20-16-11-7-6-10-15(16)18(23)21-17(19(24)25)12-14-8-4-3-5-9-14/h3-11,13,17H,12H2,1-2H3,(H,21,23)(H,24,25)/t17-/m0/s1. The Labute approximate surface area is 146 Å². The summed E-state index contributed by atoms with van der Waals surface area (Å²) in [5, 5.41) is 12.0. The summed E-state index contributed by atoms with van der Waals surface area (Å²) in [6.07, 6.45) is 1.80. The molecule has 0 unspecified atom stereocenters. The van der Waals surface area contributed by atoms with Gasteiger partial charge in [0.1, 0.15) is 6.04 Å². The van der Waals surface area contributed by atoms with Gasteiger partial charge in [-0.3, -0.25) is 4.79 Å². The average Bonchev–Trinajstić information content (AvgIpc) is 2.60. The summed E-state index contributed by atoms with van der Waals surface area (Å²) in [6, 6.07) is 15.0. The maximum atomic E-state index is 12.6. The topological polar surface area (TPSA) is 82.0 Å². The second-order valence-corrected chi connectivity index (χ2v) is 5.78. The largest absolute Gasteiger partial charge is 0.480 e. The third-order valence-electron chi connectivity index (χ3n) is 3.46. The fourth-order valence-corrected chi connectivity index (χ4v) is 2.24. The van der Waals surface area contributed by atoms with Crippen molar-refractivity contribution in [3.05, 3.63) is 65.7 Å². The van der Waals surface area contributed by atoms with E-state index in [0.717, 1.165) is 5.56 Å². The van der Waals surface area contributed by atoms with Crippen molar-refractivity contribution in [2.45, 2.75) is 12.5 Å². The van der Waals surface area contributed by atoms with Crippen LogP contribution in [0.4, 0.5) is 5.69 Å². The number of nitrogens with zero attached hydrogens (tertiary/aromatic N) is 2. The minimum Gasteiger partial charge on any atom is -0.480 e. The number of carbonyl (C=O) groups is 2. The van der Waals surface area contributed by atoms with E-state index in [0.29, 0.717) is 11.3 Å². The number of aliphatic carboxylic acids is 1. The number of rotatable bonds is 7. The Morgan fingerprint density at radius 3 is 2.40 bits per heavy atom. The van der Waals surface area contributed by atoms with Crippen molar-refractivity contribution in [1.82, 2.24) is 10.2 Å². The first-order valence-electron chi connectivity index (χ1n) is 7.84. The highest BCUT2D eigenvalue weighted by Gasteiger charge is 2.22. The Bertz CT molecular complexity index is 758. The Morgan fingerprint density at radius 1 is 1.12 bits per heavy atom. The molecule has 1 atom stereocenters. The molecule has 0 aliphatic heterocycles. The molecule has 0 radical (unpaired) electrons. The highest BCUT2D eigenvalue weighted by Crippen LogP contribution is 2.18. The number of nitrogens with one attached hydrogen (secondary N) is 1. The average molecular weight is 339 g/mol. The van der Waals surface area contributed by atoms with E-state index in [9.17, 15) is 14.7 Å². The van der Waals surface area contributed by atoms with Crippen molar-refractivity contribution in [2.75, 3.05) is 14.1 Å². The molecule has 0 heterocycles. The van der Waals surface area contributed by atoms with Crippen LogP contribution in [0.3, 0.4) is 0 Å². The molecule has 6 heteroatoms. The van der Waals surface area contributed by atoms with Crippen LogP contribution in [0, 0.1) is 0 Å². The van der Waals surface area contributed by atoms with Gasteiger partial charge in [-0.2, -0.15) is 0 Å². The van der Waals surface area contributed by atoms with E-state index >= 15 is 0 Å². The number of aliphatic imine (C=N–C) groups is 1. The van der Waals surface area contributed by atoms with Crippen molar-refractivity contribution in [3.63, 3.8) is 0 Å². The summed E-state index contributed by atoms with van der Waals surface area (Å²) >= 11 is 0. The lowest BCUT2D eigenvalue weighted by molar-refractivity contribution is -0.139. The van der Waals surface area contributed by atoms with Gasteiger partial charge in [0, 0.05) is 20.5 Å². The summed E-state index contributed by atoms with van der Waals surface area (Å²) in [5.41, 5.74) is 1.66. The highest BCUT2D eigenvalue weighted by molar-refractivity contribution is 6.01. The van der Waals surface area contributed by atoms with Gasteiger partial charge in [-0.1, -0.05) is 42.5 Å². The van der Waals surface area contributed by atoms with Crippen LogP contribution in [0.25, 0.3) is 0 Å². The van der Waals surface area contributed by atoms with Crippen molar-refractivity contribution < 1.29 is 14.7 Å². The van der Waals surface area contributed by atoms with Crippen LogP contribution in [0.1, 0.15) is 15.9 Å². The monoisotopic (exact) mass is 339 g/mol. The van der Waals surface area contributed by atoms with Crippen molar-refractivity contribution in [2.24, 2.45) is 4.99 Å². The van der Waals surface area contributed by atoms with Crippen molar-refractivity contribution in [3.8, 4) is 0 Å². The number of hydrogen-bond acceptors (Lipinski definition) is 3. The van der Waals surface area contributed by atoms with Gasteiger partial charge < -0.3 is 15.3 Å². The van der Waals surface area contributed by atoms with Gasteiger partial charge in [-0.25, -0.2) is 9.79 Å². The van der Waals surface area contributed by atoms with E-state index in [4.69, 9.17) is 0 Å². The first-order chi connectivity index (χ1) is 12.0. The van der Waals surface area contributed by atoms with Gasteiger partial charge in [0.05, 0.1) is 17.6 Å². The number of carbonyl (C=O) groups excluding carboxylic acids is 1. The maximum absolute atomic E-state index is 12.6. The molecule has 25 heavy (non-hydrogen) atoms. The molecule has 0 aromatic heterocycles. The lowest BCUT2D eigenvalue weighted by atomic mass is 10.1. The molecule has 0 fully saturated rings. The minimum atomic E-state index is -1.08. The van der Waals surface area contributed by atoms with Crippen LogP contribution in [-0.2, 0) is 11.2 Å². The highest BCUT2D eigenvalue weighted by atomic mass is 16.4. The molecule has 6 nitrogen and oxygen atoms in total. The van der Waals surface area contributed by atoms with Crippen LogP contribution < -0.4 is 5.32 Å². The van der Waals surface area contributed by atoms with E-state index in [-0.39, 0.29) is 6.42 Å². The Hall–Kier alpha value is -3.15. The molecule has 0 saturated carbocycles. The third-order valence-corrected chi connectivity index (χ3v) is 3.46.